The van der Waals surface area contributed by atoms with E-state index in [2.05, 4.69) is 5.32 Å². The van der Waals surface area contributed by atoms with Crippen LogP contribution in [-0.4, -0.2) is 29.4 Å². The number of hydrogen-bond acceptors (Lipinski definition) is 3. The molecule has 21 heavy (non-hydrogen) atoms. The Labute approximate surface area is 129 Å². The van der Waals surface area contributed by atoms with Gasteiger partial charge in [0.15, 0.2) is 0 Å². The van der Waals surface area contributed by atoms with Crippen LogP contribution in [0.5, 0.6) is 0 Å². The number of amides is 1. The van der Waals surface area contributed by atoms with Gasteiger partial charge in [-0.1, -0.05) is 48.5 Å². The summed E-state index contributed by atoms with van der Waals surface area (Å²) in [4.78, 5) is 12.8. The molecule has 0 saturated carbocycles. The minimum absolute atomic E-state index is 0.0593. The molecule has 1 unspecified atom stereocenters. The van der Waals surface area contributed by atoms with Crippen LogP contribution in [0, 0.1) is 0 Å². The maximum atomic E-state index is 11.7. The fraction of sp³-hybridized carbons (Fsp3) is 0.235. The van der Waals surface area contributed by atoms with Crippen LogP contribution in [0.1, 0.15) is 5.56 Å². The van der Waals surface area contributed by atoms with E-state index in [1.165, 1.54) is 11.8 Å². The predicted molar refractivity (Wildman–Crippen MR) is 86.3 cm³/mol. The fourth-order valence-corrected chi connectivity index (χ4v) is 2.66. The first-order chi connectivity index (χ1) is 10.2. The molecule has 1 amide bonds. The molecular formula is C17H19NO2S. The molecular weight excluding hydrogens is 282 g/mol. The van der Waals surface area contributed by atoms with Gasteiger partial charge in [-0.2, -0.15) is 0 Å². The van der Waals surface area contributed by atoms with Crippen LogP contribution in [0.15, 0.2) is 65.6 Å². The monoisotopic (exact) mass is 301 g/mol. The molecule has 0 fully saturated rings. The first kappa shape index (κ1) is 15.6. The second-order valence-electron chi connectivity index (χ2n) is 4.75. The lowest BCUT2D eigenvalue weighted by molar-refractivity contribution is -0.119. The SMILES string of the molecule is O=C(CSc1ccccc1)NCC(O)Cc1ccccc1. The maximum Gasteiger partial charge on any atom is 0.230 e. The van der Waals surface area contributed by atoms with Gasteiger partial charge < -0.3 is 10.4 Å². The minimum atomic E-state index is -0.557. The Bertz CT molecular complexity index is 545. The quantitative estimate of drug-likeness (QED) is 0.773. The molecule has 0 saturated heterocycles. The van der Waals surface area contributed by atoms with Crippen molar-refractivity contribution in [3.63, 3.8) is 0 Å². The minimum Gasteiger partial charge on any atom is -0.391 e. The average Bonchev–Trinajstić information content (AvgIpc) is 2.53. The lowest BCUT2D eigenvalue weighted by atomic mass is 10.1. The molecule has 2 N–H and O–H groups in total. The lowest BCUT2D eigenvalue weighted by Crippen LogP contribution is -2.34. The van der Waals surface area contributed by atoms with E-state index in [9.17, 15) is 9.90 Å². The highest BCUT2D eigenvalue weighted by Crippen LogP contribution is 2.16. The van der Waals surface area contributed by atoms with Crippen LogP contribution < -0.4 is 5.32 Å². The van der Waals surface area contributed by atoms with Crippen molar-refractivity contribution in [1.82, 2.24) is 5.32 Å². The van der Waals surface area contributed by atoms with Gasteiger partial charge in [0.05, 0.1) is 11.9 Å². The summed E-state index contributed by atoms with van der Waals surface area (Å²) in [6.07, 6.45) is -0.00878. The largest absolute Gasteiger partial charge is 0.391 e. The van der Waals surface area contributed by atoms with Crippen molar-refractivity contribution < 1.29 is 9.90 Å². The Morgan fingerprint density at radius 1 is 1.05 bits per heavy atom. The van der Waals surface area contributed by atoms with Crippen LogP contribution >= 0.6 is 11.8 Å². The Morgan fingerprint density at radius 2 is 1.67 bits per heavy atom. The van der Waals surface area contributed by atoms with Crippen molar-refractivity contribution in [1.29, 1.82) is 0 Å². The molecule has 2 aromatic rings. The van der Waals surface area contributed by atoms with Gasteiger partial charge in [0.1, 0.15) is 0 Å². The standard InChI is InChI=1S/C17H19NO2S/c19-15(11-14-7-3-1-4-8-14)12-18-17(20)13-21-16-9-5-2-6-10-16/h1-10,15,19H,11-13H2,(H,18,20). The highest BCUT2D eigenvalue weighted by Gasteiger charge is 2.08. The van der Waals surface area contributed by atoms with Gasteiger partial charge in [0.25, 0.3) is 0 Å². The first-order valence-electron chi connectivity index (χ1n) is 6.90. The summed E-state index contributed by atoms with van der Waals surface area (Å²) in [5, 5.41) is 12.7. The summed E-state index contributed by atoms with van der Waals surface area (Å²) in [6, 6.07) is 19.6. The molecule has 0 radical (unpaired) electrons. The summed E-state index contributed by atoms with van der Waals surface area (Å²) in [7, 11) is 0. The Balaban J connectivity index is 1.66. The molecule has 110 valence electrons. The van der Waals surface area contributed by atoms with Crippen molar-refractivity contribution in [2.75, 3.05) is 12.3 Å². The van der Waals surface area contributed by atoms with Crippen molar-refractivity contribution in [2.24, 2.45) is 0 Å². The number of aliphatic hydroxyl groups is 1. The van der Waals surface area contributed by atoms with E-state index >= 15 is 0 Å². The molecule has 3 nitrogen and oxygen atoms in total. The number of thioether (sulfide) groups is 1. The van der Waals surface area contributed by atoms with Crippen LogP contribution in [-0.2, 0) is 11.2 Å². The fourth-order valence-electron chi connectivity index (χ4n) is 1.91. The number of nitrogens with one attached hydrogen (secondary N) is 1. The third-order valence-electron chi connectivity index (χ3n) is 2.96. The van der Waals surface area contributed by atoms with Crippen molar-refractivity contribution in [3.8, 4) is 0 Å². The molecule has 2 rings (SSSR count). The van der Waals surface area contributed by atoms with Crippen LogP contribution in [0.25, 0.3) is 0 Å². The molecule has 0 spiro atoms. The number of carbonyl (C=O) groups excluding carboxylic acids is 1. The molecule has 0 heterocycles. The van der Waals surface area contributed by atoms with E-state index in [1.54, 1.807) is 0 Å². The van der Waals surface area contributed by atoms with E-state index in [4.69, 9.17) is 0 Å². The van der Waals surface area contributed by atoms with Crippen molar-refractivity contribution in [3.05, 3.63) is 66.2 Å². The zero-order valence-corrected chi connectivity index (χ0v) is 12.6. The van der Waals surface area contributed by atoms with Crippen LogP contribution in [0.2, 0.25) is 0 Å². The van der Waals surface area contributed by atoms with E-state index < -0.39 is 6.10 Å². The number of hydrogen-bond donors (Lipinski definition) is 2. The van der Waals surface area contributed by atoms with E-state index in [-0.39, 0.29) is 12.5 Å². The average molecular weight is 301 g/mol. The Hall–Kier alpha value is -1.78. The van der Waals surface area contributed by atoms with Crippen molar-refractivity contribution >= 4 is 17.7 Å². The van der Waals surface area contributed by atoms with E-state index in [1.807, 2.05) is 60.7 Å². The summed E-state index contributed by atoms with van der Waals surface area (Å²) in [6.45, 7) is 0.281. The normalized spacial score (nSPS) is 11.9. The van der Waals surface area contributed by atoms with Gasteiger partial charge in [0.2, 0.25) is 5.91 Å². The topological polar surface area (TPSA) is 49.3 Å². The summed E-state index contributed by atoms with van der Waals surface area (Å²) < 4.78 is 0. The first-order valence-corrected chi connectivity index (χ1v) is 7.89. The van der Waals surface area contributed by atoms with Gasteiger partial charge in [-0.3, -0.25) is 4.79 Å². The predicted octanol–water partition coefficient (Wildman–Crippen LogP) is 2.50. The highest BCUT2D eigenvalue weighted by atomic mass is 32.2. The number of benzene rings is 2. The van der Waals surface area contributed by atoms with E-state index in [0.29, 0.717) is 12.2 Å². The molecule has 0 aliphatic heterocycles. The number of carbonyl (C=O) groups is 1. The third-order valence-corrected chi connectivity index (χ3v) is 3.97. The second-order valence-corrected chi connectivity index (χ2v) is 5.80. The maximum absolute atomic E-state index is 11.7. The Kier molecular flexibility index (Phi) is 6.31. The molecule has 4 heteroatoms. The molecule has 0 bridgehead atoms. The van der Waals surface area contributed by atoms with Gasteiger partial charge in [-0.25, -0.2) is 0 Å². The molecule has 2 aromatic carbocycles. The molecule has 0 aliphatic carbocycles. The summed E-state index contributed by atoms with van der Waals surface area (Å²) in [5.74, 6) is 0.304. The molecule has 0 aliphatic rings. The summed E-state index contributed by atoms with van der Waals surface area (Å²) in [5.41, 5.74) is 1.07. The van der Waals surface area contributed by atoms with Crippen LogP contribution in [0.4, 0.5) is 0 Å². The molecule has 0 aromatic heterocycles. The zero-order valence-electron chi connectivity index (χ0n) is 11.7. The second kappa shape index (κ2) is 8.49. The van der Waals surface area contributed by atoms with Crippen LogP contribution in [0.3, 0.4) is 0 Å². The number of aliphatic hydroxyl groups excluding tert-OH is 1. The number of rotatable bonds is 7. The third kappa shape index (κ3) is 6.02. The smallest absolute Gasteiger partial charge is 0.230 e. The molecule has 1 atom stereocenters. The van der Waals surface area contributed by atoms with Crippen molar-refractivity contribution in [2.45, 2.75) is 17.4 Å². The van der Waals surface area contributed by atoms with Gasteiger partial charge in [0, 0.05) is 17.9 Å². The highest BCUT2D eigenvalue weighted by molar-refractivity contribution is 8.00. The summed E-state index contributed by atoms with van der Waals surface area (Å²) >= 11 is 1.49. The van der Waals surface area contributed by atoms with Gasteiger partial charge in [-0.15, -0.1) is 11.8 Å². The van der Waals surface area contributed by atoms with E-state index in [0.717, 1.165) is 10.5 Å². The Morgan fingerprint density at radius 3 is 2.33 bits per heavy atom. The van der Waals surface area contributed by atoms with Gasteiger partial charge in [-0.05, 0) is 17.7 Å². The lowest BCUT2D eigenvalue weighted by Gasteiger charge is -2.12. The zero-order chi connectivity index (χ0) is 14.9. The van der Waals surface area contributed by atoms with Gasteiger partial charge >= 0.3 is 0 Å².